The molecule has 0 aliphatic carbocycles. The number of rotatable bonds is 9. The van der Waals surface area contributed by atoms with Crippen molar-refractivity contribution < 1.29 is 9.90 Å². The van der Waals surface area contributed by atoms with Gasteiger partial charge in [0.15, 0.2) is 0 Å². The number of carboxylic acid groups (broad SMARTS) is 1. The second-order valence-electron chi connectivity index (χ2n) is 3.83. The van der Waals surface area contributed by atoms with Crippen molar-refractivity contribution >= 4 is 22.0 Å². The van der Waals surface area contributed by atoms with Crippen molar-refractivity contribution in [1.82, 2.24) is 5.32 Å². The lowest BCUT2D eigenvalue weighted by atomic mass is 10.1. The molecule has 0 saturated carbocycles. The van der Waals surface area contributed by atoms with Crippen LogP contribution in [0.1, 0.15) is 58.3 Å². The lowest BCUT2D eigenvalue weighted by Gasteiger charge is -2.08. The largest absolute Gasteiger partial charge is 0.465 e. The number of unbranched alkanes of at least 4 members (excludes halogenated alkanes) is 6. The Bertz CT molecular complexity index is 165. The second-order valence-corrected chi connectivity index (χ2v) is 4.93. The average Bonchev–Trinajstić information content (AvgIpc) is 2.15. The Morgan fingerprint density at radius 2 is 1.73 bits per heavy atom. The minimum absolute atomic E-state index is 0.0920. The standard InChI is InChI=1S/C11H22BrNO2/c1-2-3-4-5-6-7-8-9-10(12)13-11(14)15/h10,13H,2-9H2,1H3,(H,14,15). The highest BCUT2D eigenvalue weighted by molar-refractivity contribution is 9.09. The molecule has 0 aromatic rings. The van der Waals surface area contributed by atoms with E-state index in [1.165, 1.54) is 38.5 Å². The Balaban J connectivity index is 3.13. The number of nitrogens with one attached hydrogen (secondary N) is 1. The molecule has 0 aromatic carbocycles. The minimum atomic E-state index is -0.958. The Morgan fingerprint density at radius 1 is 1.20 bits per heavy atom. The summed E-state index contributed by atoms with van der Waals surface area (Å²) in [7, 11) is 0. The van der Waals surface area contributed by atoms with Crippen LogP contribution in [-0.4, -0.2) is 16.2 Å². The molecular weight excluding hydrogens is 258 g/mol. The Labute approximate surface area is 101 Å². The number of hydrogen-bond acceptors (Lipinski definition) is 1. The van der Waals surface area contributed by atoms with E-state index in [1.807, 2.05) is 0 Å². The summed E-state index contributed by atoms with van der Waals surface area (Å²) in [4.78, 5) is 10.2. The van der Waals surface area contributed by atoms with Gasteiger partial charge in [0, 0.05) is 0 Å². The molecule has 0 aliphatic heterocycles. The molecule has 1 unspecified atom stereocenters. The fourth-order valence-corrected chi connectivity index (χ4v) is 2.01. The van der Waals surface area contributed by atoms with E-state index in [9.17, 15) is 4.79 Å². The van der Waals surface area contributed by atoms with Crippen LogP contribution in [0, 0.1) is 0 Å². The monoisotopic (exact) mass is 279 g/mol. The average molecular weight is 280 g/mol. The number of halogens is 1. The van der Waals surface area contributed by atoms with Crippen LogP contribution in [0.15, 0.2) is 0 Å². The molecule has 90 valence electrons. The van der Waals surface area contributed by atoms with Crippen LogP contribution in [0.5, 0.6) is 0 Å². The zero-order valence-corrected chi connectivity index (χ0v) is 11.1. The first-order valence-corrected chi connectivity index (χ1v) is 6.72. The summed E-state index contributed by atoms with van der Waals surface area (Å²) < 4.78 is 0. The highest BCUT2D eigenvalue weighted by atomic mass is 79.9. The Kier molecular flexibility index (Phi) is 10.1. The van der Waals surface area contributed by atoms with Crippen LogP contribution in [0.4, 0.5) is 4.79 Å². The first kappa shape index (κ1) is 14.8. The molecule has 0 aliphatic rings. The molecule has 0 fully saturated rings. The number of hydrogen-bond donors (Lipinski definition) is 2. The predicted molar refractivity (Wildman–Crippen MR) is 66.5 cm³/mol. The molecule has 0 rings (SSSR count). The van der Waals surface area contributed by atoms with Gasteiger partial charge in [-0.1, -0.05) is 67.8 Å². The van der Waals surface area contributed by atoms with Crippen molar-refractivity contribution in [3.8, 4) is 0 Å². The van der Waals surface area contributed by atoms with Crippen LogP contribution >= 0.6 is 15.9 Å². The molecule has 1 amide bonds. The van der Waals surface area contributed by atoms with Crippen LogP contribution in [-0.2, 0) is 0 Å². The third kappa shape index (κ3) is 11.7. The van der Waals surface area contributed by atoms with Crippen molar-refractivity contribution in [2.75, 3.05) is 0 Å². The molecule has 2 N–H and O–H groups in total. The van der Waals surface area contributed by atoms with Crippen LogP contribution in [0.25, 0.3) is 0 Å². The van der Waals surface area contributed by atoms with Crippen molar-refractivity contribution in [2.24, 2.45) is 0 Å². The summed E-state index contributed by atoms with van der Waals surface area (Å²) >= 11 is 3.28. The molecule has 1 atom stereocenters. The molecule has 3 nitrogen and oxygen atoms in total. The van der Waals surface area contributed by atoms with Gasteiger partial charge in [-0.25, -0.2) is 4.79 Å². The van der Waals surface area contributed by atoms with Crippen molar-refractivity contribution in [3.63, 3.8) is 0 Å². The number of alkyl halides is 1. The number of carbonyl (C=O) groups is 1. The van der Waals surface area contributed by atoms with Gasteiger partial charge >= 0.3 is 6.09 Å². The quantitative estimate of drug-likeness (QED) is 0.379. The SMILES string of the molecule is CCCCCCCCCC(Br)NC(=O)O. The molecule has 15 heavy (non-hydrogen) atoms. The van der Waals surface area contributed by atoms with Crippen molar-refractivity contribution in [2.45, 2.75) is 63.2 Å². The summed E-state index contributed by atoms with van der Waals surface area (Å²) in [5.74, 6) is 0. The number of amides is 1. The van der Waals surface area contributed by atoms with Gasteiger partial charge in [0.1, 0.15) is 0 Å². The van der Waals surface area contributed by atoms with E-state index in [-0.39, 0.29) is 4.95 Å². The first-order chi connectivity index (χ1) is 7.16. The lowest BCUT2D eigenvalue weighted by molar-refractivity contribution is 0.193. The molecule has 0 bridgehead atoms. The van der Waals surface area contributed by atoms with E-state index >= 15 is 0 Å². The topological polar surface area (TPSA) is 49.3 Å². The highest BCUT2D eigenvalue weighted by Crippen LogP contribution is 2.11. The predicted octanol–water partition coefficient (Wildman–Crippen LogP) is 4.12. The van der Waals surface area contributed by atoms with E-state index in [0.717, 1.165) is 12.8 Å². The van der Waals surface area contributed by atoms with Gasteiger partial charge in [-0.05, 0) is 6.42 Å². The van der Waals surface area contributed by atoms with Gasteiger partial charge in [-0.3, -0.25) is 0 Å². The normalized spacial score (nSPS) is 12.4. The van der Waals surface area contributed by atoms with Gasteiger partial charge < -0.3 is 10.4 Å². The van der Waals surface area contributed by atoms with Gasteiger partial charge in [0.25, 0.3) is 0 Å². The lowest BCUT2D eigenvalue weighted by Crippen LogP contribution is -2.28. The third-order valence-corrected chi connectivity index (χ3v) is 3.03. The minimum Gasteiger partial charge on any atom is -0.465 e. The first-order valence-electron chi connectivity index (χ1n) is 5.80. The van der Waals surface area contributed by atoms with Gasteiger partial charge in [-0.2, -0.15) is 0 Å². The highest BCUT2D eigenvalue weighted by Gasteiger charge is 2.05. The maximum absolute atomic E-state index is 10.3. The summed E-state index contributed by atoms with van der Waals surface area (Å²) in [6, 6.07) is 0. The van der Waals surface area contributed by atoms with Crippen LogP contribution in [0.2, 0.25) is 0 Å². The summed E-state index contributed by atoms with van der Waals surface area (Å²) in [5, 5.41) is 10.8. The van der Waals surface area contributed by atoms with Gasteiger partial charge in [-0.15, -0.1) is 0 Å². The summed E-state index contributed by atoms with van der Waals surface area (Å²) in [6.45, 7) is 2.22. The van der Waals surface area contributed by atoms with Crippen LogP contribution < -0.4 is 5.32 Å². The summed E-state index contributed by atoms with van der Waals surface area (Å²) in [6.07, 6.45) is 8.74. The second kappa shape index (κ2) is 10.3. The molecular formula is C11H22BrNO2. The van der Waals surface area contributed by atoms with E-state index in [1.54, 1.807) is 0 Å². The van der Waals surface area contributed by atoms with Crippen LogP contribution in [0.3, 0.4) is 0 Å². The third-order valence-electron chi connectivity index (χ3n) is 2.34. The molecule has 0 saturated heterocycles. The zero-order valence-electron chi connectivity index (χ0n) is 9.47. The van der Waals surface area contributed by atoms with E-state index in [4.69, 9.17) is 5.11 Å². The van der Waals surface area contributed by atoms with Gasteiger partial charge in [0.05, 0.1) is 4.95 Å². The maximum atomic E-state index is 10.3. The van der Waals surface area contributed by atoms with Crippen molar-refractivity contribution in [3.05, 3.63) is 0 Å². The fourth-order valence-electron chi connectivity index (χ4n) is 1.49. The fraction of sp³-hybridized carbons (Fsp3) is 0.909. The van der Waals surface area contributed by atoms with E-state index in [2.05, 4.69) is 28.2 Å². The van der Waals surface area contributed by atoms with E-state index < -0.39 is 6.09 Å². The maximum Gasteiger partial charge on any atom is 0.405 e. The zero-order chi connectivity index (χ0) is 11.5. The molecule has 0 heterocycles. The molecule has 0 radical (unpaired) electrons. The van der Waals surface area contributed by atoms with E-state index in [0.29, 0.717) is 0 Å². The molecule has 4 heteroatoms. The van der Waals surface area contributed by atoms with Gasteiger partial charge in [0.2, 0.25) is 0 Å². The Morgan fingerprint density at radius 3 is 2.27 bits per heavy atom. The summed E-state index contributed by atoms with van der Waals surface area (Å²) in [5.41, 5.74) is 0. The smallest absolute Gasteiger partial charge is 0.405 e. The Hall–Kier alpha value is -0.250. The molecule has 0 spiro atoms. The molecule has 0 aromatic heterocycles. The van der Waals surface area contributed by atoms with Crippen molar-refractivity contribution in [1.29, 1.82) is 0 Å².